The smallest absolute Gasteiger partial charge is 0.243 e. The molecule has 0 spiro atoms. The molecule has 4 nitrogen and oxygen atoms in total. The molecule has 2 rings (SSSR count). The van der Waals surface area contributed by atoms with Gasteiger partial charge in [0.15, 0.2) is 0 Å². The van der Waals surface area contributed by atoms with Crippen LogP contribution in [-0.4, -0.2) is 31.9 Å². The minimum absolute atomic E-state index is 0. The Morgan fingerprint density at radius 2 is 2.10 bits per heavy atom. The molecule has 1 heterocycles. The SMILES string of the molecule is CC(C)c1cccc(S(=O)(=O)N2CCCC2CN)c1.Cl. The van der Waals surface area contributed by atoms with Gasteiger partial charge in [0.05, 0.1) is 4.90 Å². The number of hydrogen-bond donors (Lipinski definition) is 1. The van der Waals surface area contributed by atoms with Gasteiger partial charge in [-0.1, -0.05) is 26.0 Å². The summed E-state index contributed by atoms with van der Waals surface area (Å²) >= 11 is 0. The molecule has 1 aromatic rings. The van der Waals surface area contributed by atoms with E-state index in [0.717, 1.165) is 18.4 Å². The predicted octanol–water partition coefficient (Wildman–Crippen LogP) is 2.34. The Labute approximate surface area is 127 Å². The number of nitrogens with two attached hydrogens (primary N) is 1. The van der Waals surface area contributed by atoms with Gasteiger partial charge < -0.3 is 5.73 Å². The van der Waals surface area contributed by atoms with Gasteiger partial charge in [-0.05, 0) is 36.5 Å². The first-order valence-corrected chi connectivity index (χ1v) is 8.22. The molecule has 1 aliphatic rings. The van der Waals surface area contributed by atoms with Crippen molar-refractivity contribution in [1.82, 2.24) is 4.31 Å². The van der Waals surface area contributed by atoms with Crippen LogP contribution >= 0.6 is 12.4 Å². The summed E-state index contributed by atoms with van der Waals surface area (Å²) in [6, 6.07) is 7.19. The zero-order chi connectivity index (χ0) is 14.0. The molecule has 0 aliphatic carbocycles. The lowest BCUT2D eigenvalue weighted by Crippen LogP contribution is -2.39. The topological polar surface area (TPSA) is 63.4 Å². The first-order chi connectivity index (χ1) is 8.96. The lowest BCUT2D eigenvalue weighted by molar-refractivity contribution is 0.393. The van der Waals surface area contributed by atoms with E-state index < -0.39 is 10.0 Å². The van der Waals surface area contributed by atoms with Crippen molar-refractivity contribution < 1.29 is 8.42 Å². The molecule has 20 heavy (non-hydrogen) atoms. The van der Waals surface area contributed by atoms with Crippen LogP contribution in [0, 0.1) is 0 Å². The fraction of sp³-hybridized carbons (Fsp3) is 0.571. The number of rotatable bonds is 4. The standard InChI is InChI=1S/C14H22N2O2S.ClH/c1-11(2)12-5-3-7-14(9-12)19(17,18)16-8-4-6-13(16)10-15;/h3,5,7,9,11,13H,4,6,8,10,15H2,1-2H3;1H. The Morgan fingerprint density at radius 1 is 1.40 bits per heavy atom. The second kappa shape index (κ2) is 6.89. The minimum atomic E-state index is -3.40. The maximum atomic E-state index is 12.6. The van der Waals surface area contributed by atoms with Crippen LogP contribution in [0.25, 0.3) is 0 Å². The van der Waals surface area contributed by atoms with Gasteiger partial charge in [0.2, 0.25) is 10.0 Å². The van der Waals surface area contributed by atoms with Crippen LogP contribution in [0.2, 0.25) is 0 Å². The van der Waals surface area contributed by atoms with E-state index in [4.69, 9.17) is 5.73 Å². The zero-order valence-electron chi connectivity index (χ0n) is 12.0. The lowest BCUT2D eigenvalue weighted by Gasteiger charge is -2.23. The summed E-state index contributed by atoms with van der Waals surface area (Å²) < 4.78 is 26.9. The van der Waals surface area contributed by atoms with Gasteiger partial charge in [0.25, 0.3) is 0 Å². The van der Waals surface area contributed by atoms with Gasteiger partial charge in [-0.15, -0.1) is 12.4 Å². The van der Waals surface area contributed by atoms with Crippen molar-refractivity contribution in [3.63, 3.8) is 0 Å². The molecule has 0 aromatic heterocycles. The predicted molar refractivity (Wildman–Crippen MR) is 83.7 cm³/mol. The molecule has 6 heteroatoms. The zero-order valence-corrected chi connectivity index (χ0v) is 13.6. The van der Waals surface area contributed by atoms with E-state index in [1.807, 2.05) is 12.1 Å². The molecule has 0 saturated carbocycles. The number of sulfonamides is 1. The Hall–Kier alpha value is -0.620. The molecule has 2 N–H and O–H groups in total. The summed E-state index contributed by atoms with van der Waals surface area (Å²) in [5.74, 6) is 0.319. The molecule has 1 saturated heterocycles. The summed E-state index contributed by atoms with van der Waals surface area (Å²) in [5.41, 5.74) is 6.72. The molecule has 0 amide bonds. The van der Waals surface area contributed by atoms with E-state index in [-0.39, 0.29) is 18.4 Å². The second-order valence-corrected chi connectivity index (χ2v) is 7.27. The number of hydrogen-bond acceptors (Lipinski definition) is 3. The van der Waals surface area contributed by atoms with Crippen LogP contribution in [0.1, 0.15) is 38.2 Å². The molecular formula is C14H23ClN2O2S. The van der Waals surface area contributed by atoms with Crippen molar-refractivity contribution in [3.8, 4) is 0 Å². The summed E-state index contributed by atoms with van der Waals surface area (Å²) in [6.45, 7) is 5.09. The monoisotopic (exact) mass is 318 g/mol. The van der Waals surface area contributed by atoms with E-state index in [0.29, 0.717) is 23.9 Å². The van der Waals surface area contributed by atoms with Crippen LogP contribution in [0.5, 0.6) is 0 Å². The summed E-state index contributed by atoms with van der Waals surface area (Å²) in [5, 5.41) is 0. The highest BCUT2D eigenvalue weighted by Crippen LogP contribution is 2.27. The van der Waals surface area contributed by atoms with Crippen molar-refractivity contribution in [2.75, 3.05) is 13.1 Å². The first-order valence-electron chi connectivity index (χ1n) is 6.78. The van der Waals surface area contributed by atoms with Crippen molar-refractivity contribution >= 4 is 22.4 Å². The molecule has 0 radical (unpaired) electrons. The van der Waals surface area contributed by atoms with Crippen molar-refractivity contribution in [3.05, 3.63) is 29.8 Å². The van der Waals surface area contributed by atoms with Crippen LogP contribution in [-0.2, 0) is 10.0 Å². The third-order valence-electron chi connectivity index (χ3n) is 3.73. The van der Waals surface area contributed by atoms with Gasteiger partial charge >= 0.3 is 0 Å². The third kappa shape index (κ3) is 3.34. The quantitative estimate of drug-likeness (QED) is 0.926. The van der Waals surface area contributed by atoms with Crippen LogP contribution in [0.15, 0.2) is 29.2 Å². The second-order valence-electron chi connectivity index (χ2n) is 5.37. The fourth-order valence-electron chi connectivity index (χ4n) is 2.53. The van der Waals surface area contributed by atoms with Crippen LogP contribution in [0.3, 0.4) is 0 Å². The summed E-state index contributed by atoms with van der Waals surface area (Å²) in [4.78, 5) is 0.388. The molecule has 1 unspecified atom stereocenters. The molecule has 1 aromatic carbocycles. The van der Waals surface area contributed by atoms with E-state index >= 15 is 0 Å². The largest absolute Gasteiger partial charge is 0.329 e. The number of nitrogens with zero attached hydrogens (tertiary/aromatic N) is 1. The lowest BCUT2D eigenvalue weighted by atomic mass is 10.0. The van der Waals surface area contributed by atoms with E-state index in [2.05, 4.69) is 13.8 Å². The fourth-order valence-corrected chi connectivity index (χ4v) is 4.29. The molecule has 1 atom stereocenters. The highest BCUT2D eigenvalue weighted by Gasteiger charge is 2.34. The Morgan fingerprint density at radius 3 is 2.70 bits per heavy atom. The van der Waals surface area contributed by atoms with Gasteiger partial charge in [-0.25, -0.2) is 8.42 Å². The summed E-state index contributed by atoms with van der Waals surface area (Å²) in [6.07, 6.45) is 1.75. The van der Waals surface area contributed by atoms with Crippen molar-refractivity contribution in [2.24, 2.45) is 5.73 Å². The third-order valence-corrected chi connectivity index (χ3v) is 5.67. The van der Waals surface area contributed by atoms with Gasteiger partial charge in [-0.2, -0.15) is 4.31 Å². The summed E-state index contributed by atoms with van der Waals surface area (Å²) in [7, 11) is -3.40. The highest BCUT2D eigenvalue weighted by molar-refractivity contribution is 7.89. The molecule has 1 aliphatic heterocycles. The molecular weight excluding hydrogens is 296 g/mol. The van der Waals surface area contributed by atoms with Crippen molar-refractivity contribution in [2.45, 2.75) is 43.5 Å². The average molecular weight is 319 g/mol. The van der Waals surface area contributed by atoms with Crippen LogP contribution in [0.4, 0.5) is 0 Å². The van der Waals surface area contributed by atoms with E-state index in [1.54, 1.807) is 16.4 Å². The van der Waals surface area contributed by atoms with Gasteiger partial charge in [0, 0.05) is 19.1 Å². The Bertz CT molecular complexity index is 546. The first kappa shape index (κ1) is 17.4. The molecule has 1 fully saturated rings. The normalized spacial score (nSPS) is 20.1. The molecule has 0 bridgehead atoms. The highest BCUT2D eigenvalue weighted by atomic mass is 35.5. The Kier molecular flexibility index (Phi) is 6.01. The van der Waals surface area contributed by atoms with E-state index in [1.165, 1.54) is 0 Å². The Balaban J connectivity index is 0.00000200. The van der Waals surface area contributed by atoms with Gasteiger partial charge in [0.1, 0.15) is 0 Å². The maximum absolute atomic E-state index is 12.6. The maximum Gasteiger partial charge on any atom is 0.243 e. The van der Waals surface area contributed by atoms with Crippen molar-refractivity contribution in [1.29, 1.82) is 0 Å². The van der Waals surface area contributed by atoms with E-state index in [9.17, 15) is 8.42 Å². The van der Waals surface area contributed by atoms with Crippen LogP contribution < -0.4 is 5.73 Å². The number of benzene rings is 1. The average Bonchev–Trinajstić information content (AvgIpc) is 2.88. The minimum Gasteiger partial charge on any atom is -0.329 e. The molecule has 114 valence electrons. The number of halogens is 1. The van der Waals surface area contributed by atoms with Gasteiger partial charge in [-0.3, -0.25) is 0 Å².